The molecule has 0 amide bonds. The molecule has 0 aromatic carbocycles. The largest absolute Gasteiger partial charge is 0.466 e. The molecule has 0 aromatic rings. The SMILES string of the molecule is CCCCCCCOC(=O)CCCCC(=O)OCC(COC(=O)CCCCC(=O)OCCCCCCC)(COC(=O)CCCN(CC)CC)COC(=O)CC(CCCCC)CCCCC. The van der Waals surface area contributed by atoms with Gasteiger partial charge in [-0.2, -0.15) is 0 Å². The Balaban J connectivity index is 5.88. The summed E-state index contributed by atoms with van der Waals surface area (Å²) in [7, 11) is 0. The van der Waals surface area contributed by atoms with Gasteiger partial charge < -0.3 is 33.3 Å². The number of nitrogens with zero attached hydrogens (tertiary/aromatic N) is 1. The fraction of sp³-hybridized carbons (Fsp3) is 0.885. The average Bonchev–Trinajstić information content (AvgIpc) is 3.30. The summed E-state index contributed by atoms with van der Waals surface area (Å²) in [5.41, 5.74) is -1.38. The molecule has 0 heterocycles. The van der Waals surface area contributed by atoms with E-state index in [4.69, 9.17) is 28.4 Å². The zero-order valence-corrected chi connectivity index (χ0v) is 42.3. The first kappa shape index (κ1) is 61.8. The highest BCUT2D eigenvalue weighted by Crippen LogP contribution is 2.26. The molecule has 0 spiro atoms. The fourth-order valence-corrected chi connectivity index (χ4v) is 7.40. The molecule has 0 atom stereocenters. The van der Waals surface area contributed by atoms with E-state index in [0.29, 0.717) is 45.3 Å². The van der Waals surface area contributed by atoms with Crippen LogP contribution < -0.4 is 0 Å². The lowest BCUT2D eigenvalue weighted by molar-refractivity contribution is -0.171. The molecular formula is C52H95NO12. The summed E-state index contributed by atoms with van der Waals surface area (Å²) in [6.07, 6.45) is 22.0. The number of carbonyl (C=O) groups is 6. The minimum Gasteiger partial charge on any atom is -0.466 e. The minimum atomic E-state index is -1.38. The third-order valence-electron chi connectivity index (χ3n) is 11.8. The van der Waals surface area contributed by atoms with Crippen LogP contribution in [0.1, 0.15) is 228 Å². The Bertz CT molecular complexity index is 1160. The van der Waals surface area contributed by atoms with Crippen molar-refractivity contribution in [2.45, 2.75) is 228 Å². The Labute approximate surface area is 395 Å². The van der Waals surface area contributed by atoms with Crippen molar-refractivity contribution in [3.8, 4) is 0 Å². The lowest BCUT2D eigenvalue weighted by Gasteiger charge is -2.32. The first-order chi connectivity index (χ1) is 31.5. The van der Waals surface area contributed by atoms with E-state index in [9.17, 15) is 28.8 Å². The molecule has 0 rings (SSSR count). The summed E-state index contributed by atoms with van der Waals surface area (Å²) in [4.78, 5) is 79.7. The molecule has 0 aliphatic carbocycles. The summed E-state index contributed by atoms with van der Waals surface area (Å²) in [6.45, 7) is 14.7. The Hall–Kier alpha value is -3.22. The van der Waals surface area contributed by atoms with Gasteiger partial charge in [-0.25, -0.2) is 0 Å². The van der Waals surface area contributed by atoms with Gasteiger partial charge in [-0.3, -0.25) is 28.8 Å². The van der Waals surface area contributed by atoms with Gasteiger partial charge in [-0.1, -0.05) is 131 Å². The summed E-state index contributed by atoms with van der Waals surface area (Å²) >= 11 is 0. The van der Waals surface area contributed by atoms with Gasteiger partial charge in [0.25, 0.3) is 0 Å². The van der Waals surface area contributed by atoms with Gasteiger partial charge >= 0.3 is 35.8 Å². The van der Waals surface area contributed by atoms with Crippen LogP contribution in [0.4, 0.5) is 0 Å². The van der Waals surface area contributed by atoms with Crippen molar-refractivity contribution in [1.82, 2.24) is 4.90 Å². The monoisotopic (exact) mass is 926 g/mol. The van der Waals surface area contributed by atoms with Crippen molar-refractivity contribution in [3.05, 3.63) is 0 Å². The number of hydrogen-bond acceptors (Lipinski definition) is 13. The van der Waals surface area contributed by atoms with E-state index in [-0.39, 0.29) is 82.8 Å². The average molecular weight is 926 g/mol. The Morgan fingerprint density at radius 3 is 1.06 bits per heavy atom. The van der Waals surface area contributed by atoms with Crippen LogP contribution in [0, 0.1) is 11.3 Å². The summed E-state index contributed by atoms with van der Waals surface area (Å²) in [6, 6.07) is 0. The van der Waals surface area contributed by atoms with E-state index in [1.807, 2.05) is 0 Å². The predicted molar refractivity (Wildman–Crippen MR) is 256 cm³/mol. The van der Waals surface area contributed by atoms with E-state index >= 15 is 0 Å². The second-order valence-corrected chi connectivity index (χ2v) is 18.0. The van der Waals surface area contributed by atoms with Crippen LogP contribution >= 0.6 is 0 Å². The zero-order valence-electron chi connectivity index (χ0n) is 42.3. The lowest BCUT2D eigenvalue weighted by atomic mass is 9.91. The molecule has 0 N–H and O–H groups in total. The smallest absolute Gasteiger partial charge is 0.306 e. The molecule has 0 bridgehead atoms. The third-order valence-corrected chi connectivity index (χ3v) is 11.8. The molecule has 13 nitrogen and oxygen atoms in total. The summed E-state index contributed by atoms with van der Waals surface area (Å²) in [5, 5.41) is 0. The van der Waals surface area contributed by atoms with Gasteiger partial charge in [-0.05, 0) is 83.3 Å². The normalized spacial score (nSPS) is 11.4. The highest BCUT2D eigenvalue weighted by Gasteiger charge is 2.38. The highest BCUT2D eigenvalue weighted by molar-refractivity contribution is 5.72. The van der Waals surface area contributed by atoms with Crippen molar-refractivity contribution in [2.24, 2.45) is 11.3 Å². The second kappa shape index (κ2) is 43.4. The molecule has 0 fully saturated rings. The Kier molecular flexibility index (Phi) is 41.2. The topological polar surface area (TPSA) is 161 Å². The number of carbonyl (C=O) groups excluding carboxylic acids is 6. The number of hydrogen-bond donors (Lipinski definition) is 0. The van der Waals surface area contributed by atoms with Crippen LogP contribution in [-0.2, 0) is 57.2 Å². The van der Waals surface area contributed by atoms with Crippen LogP contribution in [0.2, 0.25) is 0 Å². The van der Waals surface area contributed by atoms with Gasteiger partial charge in [-0.15, -0.1) is 0 Å². The molecular weight excluding hydrogens is 831 g/mol. The van der Waals surface area contributed by atoms with Crippen LogP contribution in [0.25, 0.3) is 0 Å². The van der Waals surface area contributed by atoms with Crippen molar-refractivity contribution < 1.29 is 57.2 Å². The van der Waals surface area contributed by atoms with Crippen molar-refractivity contribution in [1.29, 1.82) is 0 Å². The van der Waals surface area contributed by atoms with E-state index in [0.717, 1.165) is 122 Å². The van der Waals surface area contributed by atoms with E-state index in [2.05, 4.69) is 46.4 Å². The van der Waals surface area contributed by atoms with Gasteiger partial charge in [0.05, 0.1) is 13.2 Å². The standard InChI is InChI=1S/C52H95NO12/c1-7-13-17-19-27-38-60-46(54)32-23-25-34-48(56)62-41-52(43-64-50(58)36-29-37-53(11-5)12-6,44-65-51(59)40-45(30-21-15-9-3)31-22-16-10-4)42-63-49(57)35-26-24-33-47(55)61-39-28-20-18-14-8-2/h45H,7-44H2,1-6H3. The molecule has 65 heavy (non-hydrogen) atoms. The van der Waals surface area contributed by atoms with Gasteiger partial charge in [0, 0.05) is 38.5 Å². The Morgan fingerprint density at radius 1 is 0.369 bits per heavy atom. The summed E-state index contributed by atoms with van der Waals surface area (Å²) in [5.74, 6) is -2.36. The summed E-state index contributed by atoms with van der Waals surface area (Å²) < 4.78 is 34.0. The number of unbranched alkanes of at least 4 members (excludes halogenated alkanes) is 14. The molecule has 0 aromatic heterocycles. The second-order valence-electron chi connectivity index (χ2n) is 18.0. The predicted octanol–water partition coefficient (Wildman–Crippen LogP) is 11.6. The molecule has 0 aliphatic heterocycles. The van der Waals surface area contributed by atoms with Crippen LogP contribution in [0.15, 0.2) is 0 Å². The zero-order chi connectivity index (χ0) is 48.2. The number of rotatable bonds is 46. The maximum absolute atomic E-state index is 13.5. The molecule has 0 saturated heterocycles. The quantitative estimate of drug-likeness (QED) is 0.0322. The molecule has 0 aliphatic rings. The van der Waals surface area contributed by atoms with Crippen LogP contribution in [-0.4, -0.2) is 100.0 Å². The maximum atomic E-state index is 13.5. The molecule has 0 radical (unpaired) electrons. The maximum Gasteiger partial charge on any atom is 0.306 e. The van der Waals surface area contributed by atoms with Crippen molar-refractivity contribution >= 4 is 35.8 Å². The first-order valence-electron chi connectivity index (χ1n) is 26.1. The van der Waals surface area contributed by atoms with Crippen LogP contribution in [0.5, 0.6) is 0 Å². The third kappa shape index (κ3) is 37.6. The first-order valence-corrected chi connectivity index (χ1v) is 26.1. The molecule has 13 heteroatoms. The van der Waals surface area contributed by atoms with Gasteiger partial charge in [0.2, 0.25) is 0 Å². The van der Waals surface area contributed by atoms with Gasteiger partial charge in [0.15, 0.2) is 0 Å². The van der Waals surface area contributed by atoms with Crippen molar-refractivity contribution in [2.75, 3.05) is 59.3 Å². The lowest BCUT2D eigenvalue weighted by Crippen LogP contribution is -2.44. The fourth-order valence-electron chi connectivity index (χ4n) is 7.40. The van der Waals surface area contributed by atoms with E-state index in [1.165, 1.54) is 12.8 Å². The van der Waals surface area contributed by atoms with E-state index < -0.39 is 29.3 Å². The highest BCUT2D eigenvalue weighted by atomic mass is 16.6. The Morgan fingerprint density at radius 2 is 0.692 bits per heavy atom. The molecule has 0 unspecified atom stereocenters. The minimum absolute atomic E-state index is 0.0313. The number of esters is 6. The molecule has 0 saturated carbocycles. The molecule has 380 valence electrons. The van der Waals surface area contributed by atoms with Crippen molar-refractivity contribution in [3.63, 3.8) is 0 Å². The van der Waals surface area contributed by atoms with Gasteiger partial charge in [0.1, 0.15) is 31.8 Å². The van der Waals surface area contributed by atoms with E-state index in [1.54, 1.807) is 0 Å². The number of ether oxygens (including phenoxy) is 6. The van der Waals surface area contributed by atoms with Crippen LogP contribution in [0.3, 0.4) is 0 Å².